The number of aromatic hydroxyl groups is 1. The topological polar surface area (TPSA) is 64.4 Å². The van der Waals surface area contributed by atoms with Gasteiger partial charge in [-0.1, -0.05) is 23.2 Å². The summed E-state index contributed by atoms with van der Waals surface area (Å²) in [6, 6.07) is 4.31. The molecular formula is C13H12Cl2N2O3. The second-order valence-electron chi connectivity index (χ2n) is 3.93. The summed E-state index contributed by atoms with van der Waals surface area (Å²) in [5.41, 5.74) is 0.537. The average Bonchev–Trinajstić information content (AvgIpc) is 2.90. The molecule has 1 heterocycles. The van der Waals surface area contributed by atoms with Gasteiger partial charge in [-0.05, 0) is 25.1 Å². The Bertz CT molecular complexity index is 641. The minimum absolute atomic E-state index is 0.0147. The van der Waals surface area contributed by atoms with Gasteiger partial charge in [0.25, 0.3) is 0 Å². The van der Waals surface area contributed by atoms with Crippen molar-refractivity contribution in [3.05, 3.63) is 45.7 Å². The number of aromatic nitrogens is 2. The zero-order valence-corrected chi connectivity index (χ0v) is 12.1. The van der Waals surface area contributed by atoms with Crippen molar-refractivity contribution in [3.63, 3.8) is 0 Å². The van der Waals surface area contributed by atoms with Crippen molar-refractivity contribution in [2.75, 3.05) is 6.61 Å². The first kappa shape index (κ1) is 14.8. The molecule has 0 radical (unpaired) electrons. The maximum Gasteiger partial charge on any atom is 0.212 e. The Hall–Kier alpha value is -1.56. The van der Waals surface area contributed by atoms with Gasteiger partial charge in [0.2, 0.25) is 5.78 Å². The lowest BCUT2D eigenvalue weighted by Gasteiger charge is -2.09. The van der Waals surface area contributed by atoms with Gasteiger partial charge in [0, 0.05) is 18.4 Å². The van der Waals surface area contributed by atoms with E-state index >= 15 is 0 Å². The molecule has 0 aliphatic rings. The summed E-state index contributed by atoms with van der Waals surface area (Å²) in [6.45, 7) is 2.54. The van der Waals surface area contributed by atoms with E-state index in [-0.39, 0.29) is 33.9 Å². The van der Waals surface area contributed by atoms with Crippen LogP contribution in [0.15, 0.2) is 24.4 Å². The maximum atomic E-state index is 12.4. The molecule has 0 fully saturated rings. The SMILES string of the molecule is CCOCn1nccc1C(=O)c1ccc(O)c(Cl)c1Cl. The highest BCUT2D eigenvalue weighted by atomic mass is 35.5. The van der Waals surface area contributed by atoms with Gasteiger partial charge in [-0.3, -0.25) is 4.79 Å². The summed E-state index contributed by atoms with van der Waals surface area (Å²) in [6.07, 6.45) is 1.50. The van der Waals surface area contributed by atoms with Gasteiger partial charge in [-0.25, -0.2) is 4.68 Å². The first-order valence-corrected chi connectivity index (χ1v) is 6.63. The van der Waals surface area contributed by atoms with E-state index in [4.69, 9.17) is 27.9 Å². The zero-order valence-electron chi connectivity index (χ0n) is 10.6. The quantitative estimate of drug-likeness (QED) is 0.861. The van der Waals surface area contributed by atoms with Gasteiger partial charge in [0.15, 0.2) is 0 Å². The number of nitrogens with zero attached hydrogens (tertiary/aromatic N) is 2. The van der Waals surface area contributed by atoms with Crippen LogP contribution in [0, 0.1) is 0 Å². The van der Waals surface area contributed by atoms with Gasteiger partial charge >= 0.3 is 0 Å². The Morgan fingerprint density at radius 3 is 2.80 bits per heavy atom. The number of ketones is 1. The fraction of sp³-hybridized carbons (Fsp3) is 0.231. The van der Waals surface area contributed by atoms with Crippen LogP contribution in [0.2, 0.25) is 10.0 Å². The number of ether oxygens (including phenoxy) is 1. The van der Waals surface area contributed by atoms with E-state index in [0.717, 1.165) is 0 Å². The second-order valence-corrected chi connectivity index (χ2v) is 4.68. The number of halogens is 2. The van der Waals surface area contributed by atoms with Crippen molar-refractivity contribution >= 4 is 29.0 Å². The summed E-state index contributed by atoms with van der Waals surface area (Å²) in [4.78, 5) is 12.4. The van der Waals surface area contributed by atoms with Crippen LogP contribution in [0.3, 0.4) is 0 Å². The first-order valence-electron chi connectivity index (χ1n) is 5.87. The number of benzene rings is 1. The summed E-state index contributed by atoms with van der Waals surface area (Å²) >= 11 is 11.8. The summed E-state index contributed by atoms with van der Waals surface area (Å²) in [5, 5.41) is 13.4. The predicted octanol–water partition coefficient (Wildman–Crippen LogP) is 3.12. The molecule has 106 valence electrons. The number of carbonyl (C=O) groups is 1. The van der Waals surface area contributed by atoms with Gasteiger partial charge in [0.05, 0.1) is 5.02 Å². The lowest BCUT2D eigenvalue weighted by molar-refractivity contribution is 0.0744. The number of rotatable bonds is 5. The minimum Gasteiger partial charge on any atom is -0.506 e. The Morgan fingerprint density at radius 2 is 2.10 bits per heavy atom. The van der Waals surface area contributed by atoms with E-state index < -0.39 is 0 Å². The van der Waals surface area contributed by atoms with Crippen LogP contribution in [-0.4, -0.2) is 27.3 Å². The highest BCUT2D eigenvalue weighted by Crippen LogP contribution is 2.34. The molecule has 2 rings (SSSR count). The van der Waals surface area contributed by atoms with Gasteiger partial charge in [0.1, 0.15) is 23.2 Å². The van der Waals surface area contributed by atoms with Crippen molar-refractivity contribution in [1.82, 2.24) is 9.78 Å². The Balaban J connectivity index is 2.37. The molecule has 0 bridgehead atoms. The molecule has 0 aliphatic carbocycles. The summed E-state index contributed by atoms with van der Waals surface area (Å²) in [5.74, 6) is -0.509. The normalized spacial score (nSPS) is 10.8. The van der Waals surface area contributed by atoms with Crippen molar-refractivity contribution in [2.45, 2.75) is 13.7 Å². The highest BCUT2D eigenvalue weighted by molar-refractivity contribution is 6.45. The smallest absolute Gasteiger partial charge is 0.212 e. The number of hydrogen-bond donors (Lipinski definition) is 1. The Labute approximate surface area is 125 Å². The summed E-state index contributed by atoms with van der Waals surface area (Å²) in [7, 11) is 0. The standard InChI is InChI=1S/C13H12Cl2N2O3/c1-2-20-7-17-9(5-6-16-17)13(19)8-3-4-10(18)12(15)11(8)14/h3-6,18H,2,7H2,1H3. The lowest BCUT2D eigenvalue weighted by atomic mass is 10.1. The average molecular weight is 315 g/mol. The van der Waals surface area contributed by atoms with Crippen molar-refractivity contribution in [1.29, 1.82) is 0 Å². The number of phenols is 1. The van der Waals surface area contributed by atoms with Crippen molar-refractivity contribution < 1.29 is 14.6 Å². The largest absolute Gasteiger partial charge is 0.506 e. The van der Waals surface area contributed by atoms with E-state index in [9.17, 15) is 9.90 Å². The van der Waals surface area contributed by atoms with Gasteiger partial charge in [-0.15, -0.1) is 0 Å². The molecule has 0 saturated heterocycles. The molecule has 2 aromatic rings. The van der Waals surface area contributed by atoms with Crippen LogP contribution < -0.4 is 0 Å². The molecule has 1 aromatic heterocycles. The van der Waals surface area contributed by atoms with Crippen LogP contribution in [0.4, 0.5) is 0 Å². The first-order chi connectivity index (χ1) is 9.56. The molecule has 0 atom stereocenters. The lowest BCUT2D eigenvalue weighted by Crippen LogP contribution is -2.13. The van der Waals surface area contributed by atoms with Crippen molar-refractivity contribution in [2.24, 2.45) is 0 Å². The number of phenolic OH excluding ortho intramolecular Hbond substituents is 1. The third-order valence-electron chi connectivity index (χ3n) is 2.67. The molecule has 7 heteroatoms. The van der Waals surface area contributed by atoms with Crippen molar-refractivity contribution in [3.8, 4) is 5.75 Å². The van der Waals surface area contributed by atoms with E-state index in [1.54, 1.807) is 6.07 Å². The van der Waals surface area contributed by atoms with Crippen LogP contribution in [0.1, 0.15) is 23.0 Å². The molecule has 0 unspecified atom stereocenters. The molecule has 0 aliphatic heterocycles. The third kappa shape index (κ3) is 2.80. The molecular weight excluding hydrogens is 303 g/mol. The summed E-state index contributed by atoms with van der Waals surface area (Å²) < 4.78 is 6.66. The molecule has 20 heavy (non-hydrogen) atoms. The Kier molecular flexibility index (Phi) is 4.65. The number of carbonyl (C=O) groups excluding carboxylic acids is 1. The highest BCUT2D eigenvalue weighted by Gasteiger charge is 2.20. The fourth-order valence-corrected chi connectivity index (χ4v) is 2.07. The molecule has 1 aromatic carbocycles. The minimum atomic E-state index is -0.339. The molecule has 0 amide bonds. The van der Waals surface area contributed by atoms with Crippen LogP contribution in [0.25, 0.3) is 0 Å². The van der Waals surface area contributed by atoms with E-state index in [1.807, 2.05) is 6.92 Å². The van der Waals surface area contributed by atoms with E-state index in [0.29, 0.717) is 12.3 Å². The predicted molar refractivity (Wildman–Crippen MR) is 75.4 cm³/mol. The van der Waals surface area contributed by atoms with Crippen LogP contribution >= 0.6 is 23.2 Å². The van der Waals surface area contributed by atoms with Gasteiger partial charge in [-0.2, -0.15) is 5.10 Å². The molecule has 1 N–H and O–H groups in total. The molecule has 5 nitrogen and oxygen atoms in total. The van der Waals surface area contributed by atoms with Gasteiger partial charge < -0.3 is 9.84 Å². The van der Waals surface area contributed by atoms with E-state index in [2.05, 4.69) is 5.10 Å². The van der Waals surface area contributed by atoms with E-state index in [1.165, 1.54) is 23.0 Å². The molecule has 0 saturated carbocycles. The monoisotopic (exact) mass is 314 g/mol. The third-order valence-corrected chi connectivity index (χ3v) is 3.55. The number of hydrogen-bond acceptors (Lipinski definition) is 4. The van der Waals surface area contributed by atoms with Crippen LogP contribution in [-0.2, 0) is 11.5 Å². The zero-order chi connectivity index (χ0) is 14.7. The van der Waals surface area contributed by atoms with Crippen LogP contribution in [0.5, 0.6) is 5.75 Å². The fourth-order valence-electron chi connectivity index (χ4n) is 1.66. The molecule has 0 spiro atoms. The Morgan fingerprint density at radius 1 is 1.35 bits per heavy atom. The second kappa shape index (κ2) is 6.26. The maximum absolute atomic E-state index is 12.4.